The predicted octanol–water partition coefficient (Wildman–Crippen LogP) is 2.26. The maximum absolute atomic E-state index is 10.5. The number of hydrogen-bond acceptors (Lipinski definition) is 2. The minimum atomic E-state index is -0.252. The Bertz CT molecular complexity index is 151. The molecule has 0 aliphatic carbocycles. The highest BCUT2D eigenvalue weighted by Crippen LogP contribution is 2.12. The van der Waals surface area contributed by atoms with Crippen molar-refractivity contribution in [3.05, 3.63) is 0 Å². The van der Waals surface area contributed by atoms with Crippen LogP contribution in [0.25, 0.3) is 0 Å². The van der Waals surface area contributed by atoms with Crippen molar-refractivity contribution in [2.75, 3.05) is 13.1 Å². The summed E-state index contributed by atoms with van der Waals surface area (Å²) in [5.41, 5.74) is 0.126. The van der Waals surface area contributed by atoms with Gasteiger partial charge in [0.05, 0.1) is 0 Å². The van der Waals surface area contributed by atoms with Crippen molar-refractivity contribution >= 4 is 16.8 Å². The van der Waals surface area contributed by atoms with Crippen LogP contribution in [0.15, 0.2) is 0 Å². The van der Waals surface area contributed by atoms with Crippen molar-refractivity contribution in [1.29, 1.82) is 0 Å². The lowest BCUT2D eigenvalue weighted by Gasteiger charge is -2.34. The number of carbonyl (C=O) groups excluding carboxylic acids is 1. The molecule has 0 heterocycles. The van der Waals surface area contributed by atoms with E-state index in [0.717, 1.165) is 13.1 Å². The maximum Gasteiger partial charge on any atom is 0.222 e. The van der Waals surface area contributed by atoms with Crippen LogP contribution in [0, 0.1) is 0 Å². The topological polar surface area (TPSA) is 20.3 Å². The van der Waals surface area contributed by atoms with E-state index in [9.17, 15) is 4.79 Å². The molecule has 2 nitrogen and oxygen atoms in total. The Kier molecular flexibility index (Phi) is 4.80. The predicted molar refractivity (Wildman–Crippen MR) is 52.5 cm³/mol. The average molecular weight is 192 g/mol. The van der Waals surface area contributed by atoms with Crippen LogP contribution in [0.1, 0.15) is 34.1 Å². The van der Waals surface area contributed by atoms with Gasteiger partial charge in [0, 0.05) is 18.5 Å². The average Bonchev–Trinajstić information content (AvgIpc) is 1.85. The molecule has 0 bridgehead atoms. The van der Waals surface area contributed by atoms with Crippen molar-refractivity contribution < 1.29 is 4.79 Å². The van der Waals surface area contributed by atoms with Gasteiger partial charge in [-0.2, -0.15) is 0 Å². The van der Waals surface area contributed by atoms with Crippen molar-refractivity contribution in [3.63, 3.8) is 0 Å². The summed E-state index contributed by atoms with van der Waals surface area (Å²) < 4.78 is 0. The standard InChI is InChI=1S/C9H18ClNO/c1-5-11(9(2,3)4)7-6-8(10)12/h5-7H2,1-4H3. The molecule has 0 N–H and O–H groups in total. The van der Waals surface area contributed by atoms with E-state index in [2.05, 4.69) is 32.6 Å². The summed E-state index contributed by atoms with van der Waals surface area (Å²) in [6.07, 6.45) is 0.437. The van der Waals surface area contributed by atoms with Gasteiger partial charge in [-0.15, -0.1) is 0 Å². The first-order valence-corrected chi connectivity index (χ1v) is 4.69. The number of nitrogens with zero attached hydrogens (tertiary/aromatic N) is 1. The number of rotatable bonds is 4. The summed E-state index contributed by atoms with van der Waals surface area (Å²) in [4.78, 5) is 12.8. The van der Waals surface area contributed by atoms with E-state index in [1.165, 1.54) is 0 Å². The highest BCUT2D eigenvalue weighted by Gasteiger charge is 2.19. The molecule has 0 atom stereocenters. The molecule has 0 unspecified atom stereocenters. The van der Waals surface area contributed by atoms with Gasteiger partial charge in [-0.1, -0.05) is 6.92 Å². The third kappa shape index (κ3) is 4.73. The maximum atomic E-state index is 10.5. The third-order valence-corrected chi connectivity index (χ3v) is 2.10. The van der Waals surface area contributed by atoms with Gasteiger partial charge in [0.1, 0.15) is 0 Å². The summed E-state index contributed by atoms with van der Waals surface area (Å²) in [6.45, 7) is 10.2. The fourth-order valence-corrected chi connectivity index (χ4v) is 1.28. The molecule has 0 aliphatic rings. The molecule has 0 aliphatic heterocycles. The lowest BCUT2D eigenvalue weighted by molar-refractivity contribution is -0.112. The fraction of sp³-hybridized carbons (Fsp3) is 0.889. The Morgan fingerprint density at radius 2 is 1.92 bits per heavy atom. The molecule has 0 saturated heterocycles. The van der Waals surface area contributed by atoms with Crippen LogP contribution in [-0.4, -0.2) is 28.8 Å². The second-order valence-corrected chi connectivity index (χ2v) is 4.28. The fourth-order valence-electron chi connectivity index (χ4n) is 1.19. The van der Waals surface area contributed by atoms with Gasteiger partial charge >= 0.3 is 0 Å². The summed E-state index contributed by atoms with van der Waals surface area (Å²) in [5, 5.41) is -0.252. The SMILES string of the molecule is CCN(CCC(=O)Cl)C(C)(C)C. The van der Waals surface area contributed by atoms with Crippen LogP contribution in [-0.2, 0) is 4.79 Å². The van der Waals surface area contributed by atoms with Crippen LogP contribution in [0.3, 0.4) is 0 Å². The van der Waals surface area contributed by atoms with E-state index >= 15 is 0 Å². The van der Waals surface area contributed by atoms with Crippen LogP contribution in [0.2, 0.25) is 0 Å². The second kappa shape index (κ2) is 4.83. The molecule has 0 amide bonds. The van der Waals surface area contributed by atoms with E-state index in [1.54, 1.807) is 0 Å². The van der Waals surface area contributed by atoms with E-state index in [-0.39, 0.29) is 10.8 Å². The molecule has 0 rings (SSSR count). The summed E-state index contributed by atoms with van der Waals surface area (Å²) in [6, 6.07) is 0. The zero-order valence-corrected chi connectivity index (χ0v) is 9.11. The molecular weight excluding hydrogens is 174 g/mol. The zero-order chi connectivity index (χ0) is 9.78. The van der Waals surface area contributed by atoms with Gasteiger partial charge in [-0.05, 0) is 38.9 Å². The highest BCUT2D eigenvalue weighted by molar-refractivity contribution is 6.63. The van der Waals surface area contributed by atoms with E-state index in [0.29, 0.717) is 6.42 Å². The van der Waals surface area contributed by atoms with Gasteiger partial charge in [0.2, 0.25) is 5.24 Å². The van der Waals surface area contributed by atoms with Gasteiger partial charge in [-0.25, -0.2) is 0 Å². The molecule has 0 aromatic rings. The number of halogens is 1. The molecule has 3 heteroatoms. The molecule has 0 aromatic carbocycles. The van der Waals surface area contributed by atoms with Crippen LogP contribution in [0.5, 0.6) is 0 Å². The van der Waals surface area contributed by atoms with E-state index in [4.69, 9.17) is 11.6 Å². The summed E-state index contributed by atoms with van der Waals surface area (Å²) in [5.74, 6) is 0. The number of carbonyl (C=O) groups is 1. The van der Waals surface area contributed by atoms with Gasteiger partial charge in [0.15, 0.2) is 0 Å². The zero-order valence-electron chi connectivity index (χ0n) is 8.35. The van der Waals surface area contributed by atoms with Gasteiger partial charge in [0.25, 0.3) is 0 Å². The van der Waals surface area contributed by atoms with E-state index < -0.39 is 0 Å². The molecule has 0 fully saturated rings. The summed E-state index contributed by atoms with van der Waals surface area (Å²) in [7, 11) is 0. The smallest absolute Gasteiger partial charge is 0.222 e. The molecule has 12 heavy (non-hydrogen) atoms. The van der Waals surface area contributed by atoms with Gasteiger partial charge < -0.3 is 0 Å². The molecular formula is C9H18ClNO. The molecule has 0 aromatic heterocycles. The normalized spacial score (nSPS) is 12.2. The quantitative estimate of drug-likeness (QED) is 0.636. The first kappa shape index (κ1) is 11.9. The van der Waals surface area contributed by atoms with Crippen molar-refractivity contribution in [2.24, 2.45) is 0 Å². The molecule has 72 valence electrons. The lowest BCUT2D eigenvalue weighted by atomic mass is 10.1. The van der Waals surface area contributed by atoms with Crippen LogP contribution in [0.4, 0.5) is 0 Å². The minimum Gasteiger partial charge on any atom is -0.298 e. The first-order valence-electron chi connectivity index (χ1n) is 4.31. The van der Waals surface area contributed by atoms with Gasteiger partial charge in [-0.3, -0.25) is 9.69 Å². The van der Waals surface area contributed by atoms with E-state index in [1.807, 2.05) is 0 Å². The largest absolute Gasteiger partial charge is 0.298 e. The number of hydrogen-bond donors (Lipinski definition) is 0. The Hall–Kier alpha value is -0.0800. The van der Waals surface area contributed by atoms with Crippen molar-refractivity contribution in [1.82, 2.24) is 4.90 Å². The van der Waals surface area contributed by atoms with Crippen LogP contribution >= 0.6 is 11.6 Å². The summed E-state index contributed by atoms with van der Waals surface area (Å²) >= 11 is 5.26. The Balaban J connectivity index is 3.92. The third-order valence-electron chi connectivity index (χ3n) is 1.91. The van der Waals surface area contributed by atoms with Crippen molar-refractivity contribution in [3.8, 4) is 0 Å². The lowest BCUT2D eigenvalue weighted by Crippen LogP contribution is -2.42. The minimum absolute atomic E-state index is 0.126. The molecule has 0 spiro atoms. The van der Waals surface area contributed by atoms with Crippen molar-refractivity contribution in [2.45, 2.75) is 39.7 Å². The Labute approximate surface area is 79.9 Å². The van der Waals surface area contributed by atoms with Crippen LogP contribution < -0.4 is 0 Å². The molecule has 0 saturated carbocycles. The highest BCUT2D eigenvalue weighted by atomic mass is 35.5. The first-order chi connectivity index (χ1) is 5.38. The Morgan fingerprint density at radius 3 is 2.17 bits per heavy atom. The monoisotopic (exact) mass is 191 g/mol. The Morgan fingerprint density at radius 1 is 1.42 bits per heavy atom. The second-order valence-electron chi connectivity index (χ2n) is 3.86. The molecule has 0 radical (unpaired) electrons.